The van der Waals surface area contributed by atoms with E-state index in [9.17, 15) is 14.9 Å². The highest BCUT2D eigenvalue weighted by Gasteiger charge is 2.13. The number of aromatic nitrogens is 4. The minimum Gasteiger partial charge on any atom is -0.299 e. The van der Waals surface area contributed by atoms with Crippen LogP contribution in [-0.4, -0.2) is 36.2 Å². The molecule has 11 heteroatoms. The molecule has 1 aromatic heterocycles. The van der Waals surface area contributed by atoms with Gasteiger partial charge in [0, 0.05) is 17.7 Å². The van der Waals surface area contributed by atoms with Crippen LogP contribution in [0.5, 0.6) is 0 Å². The van der Waals surface area contributed by atoms with Gasteiger partial charge in [0.05, 0.1) is 11.5 Å². The Hall–Kier alpha value is -2.95. The van der Waals surface area contributed by atoms with Gasteiger partial charge in [0.2, 0.25) is 0 Å². The summed E-state index contributed by atoms with van der Waals surface area (Å²) in [6, 6.07) is 5.32. The molecule has 126 valence electrons. The predicted molar refractivity (Wildman–Crippen MR) is 89.4 cm³/mol. The number of carbonyl (C=O) groups excluding carboxylic acids is 1. The predicted octanol–water partition coefficient (Wildman–Crippen LogP) is 1.36. The molecule has 0 unspecified atom stereocenters. The first-order valence-corrected chi connectivity index (χ1v) is 7.40. The lowest BCUT2D eigenvalue weighted by Crippen LogP contribution is -2.34. The molecule has 0 atom stereocenters. The Labute approximate surface area is 142 Å². The van der Waals surface area contributed by atoms with Crippen LogP contribution < -0.4 is 10.6 Å². The van der Waals surface area contributed by atoms with Crippen molar-refractivity contribution in [3.8, 4) is 0 Å². The van der Waals surface area contributed by atoms with Gasteiger partial charge in [-0.3, -0.25) is 25.5 Å². The molecule has 0 spiro atoms. The highest BCUT2D eigenvalue weighted by atomic mass is 32.1. The monoisotopic (exact) mass is 349 g/mol. The molecule has 10 nitrogen and oxygen atoms in total. The van der Waals surface area contributed by atoms with E-state index in [1.165, 1.54) is 23.0 Å². The van der Waals surface area contributed by atoms with Gasteiger partial charge in [-0.2, -0.15) is 4.80 Å². The van der Waals surface area contributed by atoms with E-state index in [-0.39, 0.29) is 22.3 Å². The molecular formula is C13H15N7O3S. The molecule has 1 heterocycles. The van der Waals surface area contributed by atoms with Crippen LogP contribution >= 0.6 is 12.2 Å². The number of nitro benzene ring substituents is 1. The second-order valence-corrected chi connectivity index (χ2v) is 5.69. The zero-order valence-electron chi connectivity index (χ0n) is 13.0. The third-order valence-electron chi connectivity index (χ3n) is 2.75. The van der Waals surface area contributed by atoms with Gasteiger partial charge < -0.3 is 0 Å². The largest absolute Gasteiger partial charge is 0.299 e. The number of rotatable bonds is 5. The summed E-state index contributed by atoms with van der Waals surface area (Å²) in [6.07, 6.45) is 0. The maximum atomic E-state index is 12.0. The number of anilines is 1. The normalized spacial score (nSPS) is 10.5. The molecule has 2 N–H and O–H groups in total. The molecule has 2 aromatic rings. The standard InChI is InChI=1S/C13H15N7O3S/c1-8(2)7-19-17-12(16-18-19)15-13(24)14-11(21)9-4-3-5-10(6-9)20(22)23/h3-6,8H,7H2,1-2H3,(H2,14,15,17,21,24). The lowest BCUT2D eigenvalue weighted by molar-refractivity contribution is -0.384. The second-order valence-electron chi connectivity index (χ2n) is 5.28. The topological polar surface area (TPSA) is 128 Å². The van der Waals surface area contributed by atoms with Gasteiger partial charge >= 0.3 is 0 Å². The maximum Gasteiger partial charge on any atom is 0.270 e. The first kappa shape index (κ1) is 17.4. The summed E-state index contributed by atoms with van der Waals surface area (Å²) < 4.78 is 0. The Kier molecular flexibility index (Phi) is 5.47. The van der Waals surface area contributed by atoms with Crippen LogP contribution in [0.3, 0.4) is 0 Å². The van der Waals surface area contributed by atoms with Gasteiger partial charge in [-0.25, -0.2) is 0 Å². The highest BCUT2D eigenvalue weighted by Crippen LogP contribution is 2.12. The number of non-ortho nitro benzene ring substituents is 1. The fraction of sp³-hybridized carbons (Fsp3) is 0.308. The molecule has 0 aliphatic heterocycles. The van der Waals surface area contributed by atoms with Gasteiger partial charge in [-0.1, -0.05) is 25.0 Å². The van der Waals surface area contributed by atoms with E-state index >= 15 is 0 Å². The molecule has 1 aromatic carbocycles. The average Bonchev–Trinajstić information content (AvgIpc) is 2.93. The van der Waals surface area contributed by atoms with Crippen LogP contribution in [-0.2, 0) is 6.54 Å². The molecule has 0 fully saturated rings. The number of tetrazole rings is 1. The van der Waals surface area contributed by atoms with Crippen molar-refractivity contribution in [2.24, 2.45) is 5.92 Å². The maximum absolute atomic E-state index is 12.0. The molecule has 24 heavy (non-hydrogen) atoms. The first-order chi connectivity index (χ1) is 11.3. The average molecular weight is 349 g/mol. The number of amides is 1. The van der Waals surface area contributed by atoms with Crippen molar-refractivity contribution < 1.29 is 9.72 Å². The van der Waals surface area contributed by atoms with Crippen molar-refractivity contribution in [1.82, 2.24) is 25.5 Å². The van der Waals surface area contributed by atoms with Crippen LogP contribution in [0, 0.1) is 16.0 Å². The summed E-state index contributed by atoms with van der Waals surface area (Å²) in [5.41, 5.74) is -0.0652. The molecule has 2 rings (SSSR count). The van der Waals surface area contributed by atoms with Crippen molar-refractivity contribution >= 4 is 34.9 Å². The highest BCUT2D eigenvalue weighted by molar-refractivity contribution is 7.80. The van der Waals surface area contributed by atoms with Crippen molar-refractivity contribution in [2.75, 3.05) is 5.32 Å². The minimum absolute atomic E-state index is 0.0318. The van der Waals surface area contributed by atoms with Crippen LogP contribution in [0.2, 0.25) is 0 Å². The van der Waals surface area contributed by atoms with Gasteiger partial charge in [0.25, 0.3) is 17.5 Å². The Bertz CT molecular complexity index is 774. The summed E-state index contributed by atoms with van der Waals surface area (Å²) in [7, 11) is 0. The van der Waals surface area contributed by atoms with E-state index in [4.69, 9.17) is 12.2 Å². The number of benzene rings is 1. The molecule has 0 bridgehead atoms. The number of thiocarbonyl (C=S) groups is 1. The lowest BCUT2D eigenvalue weighted by Gasteiger charge is -2.06. The quantitative estimate of drug-likeness (QED) is 0.470. The fourth-order valence-corrected chi connectivity index (χ4v) is 1.95. The fourth-order valence-electron chi connectivity index (χ4n) is 1.77. The van der Waals surface area contributed by atoms with Crippen LogP contribution in [0.25, 0.3) is 0 Å². The number of nitrogens with one attached hydrogen (secondary N) is 2. The van der Waals surface area contributed by atoms with E-state index in [0.717, 1.165) is 6.07 Å². The van der Waals surface area contributed by atoms with Crippen LogP contribution in [0.1, 0.15) is 24.2 Å². The number of hydrogen-bond acceptors (Lipinski definition) is 7. The van der Waals surface area contributed by atoms with Gasteiger partial charge in [-0.15, -0.1) is 5.10 Å². The Morgan fingerprint density at radius 3 is 2.88 bits per heavy atom. The van der Waals surface area contributed by atoms with E-state index < -0.39 is 10.8 Å². The Morgan fingerprint density at radius 1 is 1.46 bits per heavy atom. The van der Waals surface area contributed by atoms with Gasteiger partial charge in [0.15, 0.2) is 5.11 Å². The molecular weight excluding hydrogens is 334 g/mol. The number of nitro groups is 1. The van der Waals surface area contributed by atoms with E-state index in [1.807, 2.05) is 13.8 Å². The smallest absolute Gasteiger partial charge is 0.270 e. The van der Waals surface area contributed by atoms with Crippen molar-refractivity contribution in [3.63, 3.8) is 0 Å². The zero-order valence-corrected chi connectivity index (χ0v) is 13.8. The van der Waals surface area contributed by atoms with Gasteiger partial charge in [0.1, 0.15) is 0 Å². The van der Waals surface area contributed by atoms with Crippen molar-refractivity contribution in [3.05, 3.63) is 39.9 Å². The summed E-state index contributed by atoms with van der Waals surface area (Å²) in [5, 5.41) is 27.4. The second kappa shape index (κ2) is 7.55. The third kappa shape index (κ3) is 4.78. The molecule has 0 saturated carbocycles. The van der Waals surface area contributed by atoms with Crippen molar-refractivity contribution in [2.45, 2.75) is 20.4 Å². The first-order valence-electron chi connectivity index (χ1n) is 6.99. The molecule has 0 saturated heterocycles. The summed E-state index contributed by atoms with van der Waals surface area (Å²) >= 11 is 5.00. The van der Waals surface area contributed by atoms with E-state index in [2.05, 4.69) is 26.0 Å². The lowest BCUT2D eigenvalue weighted by atomic mass is 10.2. The van der Waals surface area contributed by atoms with E-state index in [0.29, 0.717) is 12.5 Å². The summed E-state index contributed by atoms with van der Waals surface area (Å²) in [6.45, 7) is 4.63. The summed E-state index contributed by atoms with van der Waals surface area (Å²) in [5.74, 6) is -0.0710. The van der Waals surface area contributed by atoms with Crippen LogP contribution in [0.4, 0.5) is 11.6 Å². The molecule has 0 aliphatic carbocycles. The molecule has 0 aliphatic rings. The zero-order chi connectivity index (χ0) is 17.7. The molecule has 1 amide bonds. The summed E-state index contributed by atoms with van der Waals surface area (Å²) in [4.78, 5) is 23.6. The van der Waals surface area contributed by atoms with Crippen LogP contribution in [0.15, 0.2) is 24.3 Å². The number of nitrogens with zero attached hydrogens (tertiary/aromatic N) is 5. The third-order valence-corrected chi connectivity index (χ3v) is 2.96. The SMILES string of the molecule is CC(C)Cn1nnc(NC(=S)NC(=O)c2cccc([N+](=O)[O-])c2)n1. The minimum atomic E-state index is -0.579. The van der Waals surface area contributed by atoms with Gasteiger partial charge in [-0.05, 0) is 29.4 Å². The van der Waals surface area contributed by atoms with E-state index in [1.54, 1.807) is 0 Å². The van der Waals surface area contributed by atoms with Crippen molar-refractivity contribution in [1.29, 1.82) is 0 Å². The Balaban J connectivity index is 1.96. The molecule has 0 radical (unpaired) electrons. The Morgan fingerprint density at radius 2 is 2.21 bits per heavy atom. The number of carbonyl (C=O) groups is 1. The number of hydrogen-bond donors (Lipinski definition) is 2.